The monoisotopic (exact) mass is 265 g/mol. The highest BCUT2D eigenvalue weighted by Crippen LogP contribution is 2.42. The summed E-state index contributed by atoms with van der Waals surface area (Å²) in [4.78, 5) is 5.50. The van der Waals surface area contributed by atoms with Crippen molar-refractivity contribution in [1.29, 1.82) is 0 Å². The minimum absolute atomic E-state index is 0.249. The molecule has 1 aliphatic heterocycles. The number of hydrogen-bond donors (Lipinski definition) is 1. The van der Waals surface area contributed by atoms with E-state index in [0.717, 1.165) is 24.5 Å². The van der Waals surface area contributed by atoms with Crippen LogP contribution in [0.15, 0.2) is 0 Å². The van der Waals surface area contributed by atoms with Gasteiger partial charge in [-0.25, -0.2) is 0 Å². The Morgan fingerprint density at radius 3 is 2.42 bits per heavy atom. The zero-order valence-electron chi connectivity index (χ0n) is 12.9. The molecule has 3 heteroatoms. The van der Waals surface area contributed by atoms with E-state index in [1.54, 1.807) is 0 Å². The Morgan fingerprint density at radius 2 is 1.95 bits per heavy atom. The summed E-state index contributed by atoms with van der Waals surface area (Å²) < 4.78 is 0. The van der Waals surface area contributed by atoms with Crippen LogP contribution >= 0.6 is 0 Å². The maximum Gasteiger partial charge on any atom is 0.0476 e. The van der Waals surface area contributed by atoms with E-state index in [1.165, 1.54) is 45.2 Å². The molecule has 0 aromatic carbocycles. The number of hydrogen-bond acceptors (Lipinski definition) is 3. The van der Waals surface area contributed by atoms with Gasteiger partial charge in [0.1, 0.15) is 0 Å². The minimum Gasteiger partial charge on any atom is -0.329 e. The van der Waals surface area contributed by atoms with Gasteiger partial charge in [0.05, 0.1) is 0 Å². The van der Waals surface area contributed by atoms with Crippen molar-refractivity contribution in [3.05, 3.63) is 0 Å². The fourth-order valence-corrected chi connectivity index (χ4v) is 4.13. The molecule has 0 radical (unpaired) electrons. The summed E-state index contributed by atoms with van der Waals surface area (Å²) in [6.07, 6.45) is 6.97. The smallest absolute Gasteiger partial charge is 0.0476 e. The Labute approximate surface area is 118 Å². The maximum atomic E-state index is 6.28. The third-order valence-corrected chi connectivity index (χ3v) is 5.50. The fourth-order valence-electron chi connectivity index (χ4n) is 4.13. The first-order valence-corrected chi connectivity index (χ1v) is 8.28. The van der Waals surface area contributed by atoms with E-state index >= 15 is 0 Å². The average Bonchev–Trinajstić information content (AvgIpc) is 3.25. The van der Waals surface area contributed by atoms with Crippen molar-refractivity contribution in [2.24, 2.45) is 11.7 Å². The number of likely N-dealkylation sites (tertiary alicyclic amines) is 1. The quantitative estimate of drug-likeness (QED) is 0.798. The summed E-state index contributed by atoms with van der Waals surface area (Å²) in [5.41, 5.74) is 6.53. The first kappa shape index (κ1) is 13.8. The number of nitrogens with two attached hydrogens (primary N) is 1. The second kappa shape index (κ2) is 5.01. The number of nitrogens with zero attached hydrogens (tertiary/aromatic N) is 2. The van der Waals surface area contributed by atoms with Gasteiger partial charge in [0.25, 0.3) is 0 Å². The summed E-state index contributed by atoms with van der Waals surface area (Å²) in [6, 6.07) is 2.21. The Bertz CT molecular complexity index is 322. The summed E-state index contributed by atoms with van der Waals surface area (Å²) in [7, 11) is 0. The molecule has 2 unspecified atom stereocenters. The highest BCUT2D eigenvalue weighted by atomic mass is 15.3. The van der Waals surface area contributed by atoms with Crippen LogP contribution in [0, 0.1) is 5.92 Å². The van der Waals surface area contributed by atoms with E-state index in [1.807, 2.05) is 0 Å². The molecule has 2 N–H and O–H groups in total. The van der Waals surface area contributed by atoms with E-state index < -0.39 is 0 Å². The van der Waals surface area contributed by atoms with E-state index in [9.17, 15) is 0 Å². The Kier molecular flexibility index (Phi) is 3.65. The molecule has 2 saturated carbocycles. The van der Waals surface area contributed by atoms with Crippen molar-refractivity contribution in [1.82, 2.24) is 9.80 Å². The molecule has 2 aliphatic carbocycles. The third kappa shape index (κ3) is 2.70. The van der Waals surface area contributed by atoms with Crippen LogP contribution in [0.2, 0.25) is 0 Å². The molecular formula is C16H31N3. The van der Waals surface area contributed by atoms with Crippen LogP contribution < -0.4 is 5.73 Å². The van der Waals surface area contributed by atoms with Gasteiger partial charge >= 0.3 is 0 Å². The third-order valence-electron chi connectivity index (χ3n) is 5.50. The van der Waals surface area contributed by atoms with Crippen LogP contribution in [0.4, 0.5) is 0 Å². The van der Waals surface area contributed by atoms with Crippen molar-refractivity contribution in [2.75, 3.05) is 19.6 Å². The molecule has 3 fully saturated rings. The SMILES string of the molecule is CC1CC(CN)(N(CC2CC2)C(C)C)CN1C1CC1. The topological polar surface area (TPSA) is 32.5 Å². The fraction of sp³-hybridized carbons (Fsp3) is 1.00. The molecule has 0 amide bonds. The van der Waals surface area contributed by atoms with Gasteiger partial charge in [-0.2, -0.15) is 0 Å². The standard InChI is InChI=1S/C16H31N3/c1-12(2)19(9-14-4-5-14)16(10-17)8-13(3)18(11-16)15-6-7-15/h12-15H,4-11,17H2,1-3H3. The summed E-state index contributed by atoms with van der Waals surface area (Å²) >= 11 is 0. The van der Waals surface area contributed by atoms with Crippen LogP contribution in [0.5, 0.6) is 0 Å². The van der Waals surface area contributed by atoms with Crippen LogP contribution in [-0.2, 0) is 0 Å². The maximum absolute atomic E-state index is 6.28. The highest BCUT2D eigenvalue weighted by molar-refractivity contribution is 5.08. The summed E-state index contributed by atoms with van der Waals surface area (Å²) in [5.74, 6) is 0.955. The number of rotatable bonds is 6. The molecule has 19 heavy (non-hydrogen) atoms. The largest absolute Gasteiger partial charge is 0.329 e. The molecule has 1 saturated heterocycles. The Morgan fingerprint density at radius 1 is 1.26 bits per heavy atom. The normalized spacial score (nSPS) is 36.6. The van der Waals surface area contributed by atoms with Gasteiger partial charge in [-0.3, -0.25) is 9.80 Å². The molecule has 3 rings (SSSR count). The van der Waals surface area contributed by atoms with E-state index in [0.29, 0.717) is 6.04 Å². The molecule has 0 spiro atoms. The van der Waals surface area contributed by atoms with Gasteiger partial charge in [0.2, 0.25) is 0 Å². The van der Waals surface area contributed by atoms with Crippen molar-refractivity contribution in [2.45, 2.75) is 76.5 Å². The lowest BCUT2D eigenvalue weighted by Crippen LogP contribution is -2.58. The van der Waals surface area contributed by atoms with Crippen molar-refractivity contribution in [3.63, 3.8) is 0 Å². The van der Waals surface area contributed by atoms with Crippen molar-refractivity contribution >= 4 is 0 Å². The molecule has 2 atom stereocenters. The second-order valence-electron chi connectivity index (χ2n) is 7.57. The molecule has 0 aromatic rings. The van der Waals surface area contributed by atoms with Gasteiger partial charge in [-0.1, -0.05) is 0 Å². The molecule has 1 heterocycles. The van der Waals surface area contributed by atoms with Crippen LogP contribution in [0.1, 0.15) is 52.9 Å². The zero-order valence-corrected chi connectivity index (χ0v) is 12.9. The lowest BCUT2D eigenvalue weighted by Gasteiger charge is -2.43. The lowest BCUT2D eigenvalue weighted by molar-refractivity contribution is 0.0609. The molecule has 3 nitrogen and oxygen atoms in total. The van der Waals surface area contributed by atoms with Crippen molar-refractivity contribution < 1.29 is 0 Å². The zero-order chi connectivity index (χ0) is 13.6. The molecule has 110 valence electrons. The molecule has 0 aromatic heterocycles. The molecule has 0 bridgehead atoms. The van der Waals surface area contributed by atoms with Crippen LogP contribution in [-0.4, -0.2) is 53.1 Å². The van der Waals surface area contributed by atoms with E-state index in [-0.39, 0.29) is 5.54 Å². The molecule has 3 aliphatic rings. The van der Waals surface area contributed by atoms with Crippen molar-refractivity contribution in [3.8, 4) is 0 Å². The van der Waals surface area contributed by atoms with Gasteiger partial charge in [-0.05, 0) is 58.8 Å². The first-order valence-electron chi connectivity index (χ1n) is 8.28. The molecular weight excluding hydrogens is 234 g/mol. The van der Waals surface area contributed by atoms with Gasteiger partial charge in [0.15, 0.2) is 0 Å². The van der Waals surface area contributed by atoms with Crippen LogP contribution in [0.25, 0.3) is 0 Å². The summed E-state index contributed by atoms with van der Waals surface area (Å²) in [6.45, 7) is 10.4. The lowest BCUT2D eigenvalue weighted by atomic mass is 9.92. The van der Waals surface area contributed by atoms with Gasteiger partial charge in [0, 0.05) is 43.3 Å². The Balaban J connectivity index is 1.76. The average molecular weight is 265 g/mol. The van der Waals surface area contributed by atoms with E-state index in [4.69, 9.17) is 5.73 Å². The first-order chi connectivity index (χ1) is 9.05. The van der Waals surface area contributed by atoms with Gasteiger partial charge < -0.3 is 5.73 Å². The predicted molar refractivity (Wildman–Crippen MR) is 80.2 cm³/mol. The summed E-state index contributed by atoms with van der Waals surface area (Å²) in [5, 5.41) is 0. The predicted octanol–water partition coefficient (Wildman–Crippen LogP) is 2.06. The van der Waals surface area contributed by atoms with Gasteiger partial charge in [-0.15, -0.1) is 0 Å². The Hall–Kier alpha value is -0.120. The van der Waals surface area contributed by atoms with E-state index in [2.05, 4.69) is 30.6 Å². The minimum atomic E-state index is 0.249. The second-order valence-corrected chi connectivity index (χ2v) is 7.57. The van der Waals surface area contributed by atoms with Crippen LogP contribution in [0.3, 0.4) is 0 Å². The highest BCUT2D eigenvalue weighted by Gasteiger charge is 2.50.